The molecule has 0 aromatic rings. The third kappa shape index (κ3) is 3.70. The van der Waals surface area contributed by atoms with Gasteiger partial charge < -0.3 is 0 Å². The van der Waals surface area contributed by atoms with Crippen LogP contribution in [-0.4, -0.2) is 0 Å². The SMILES string of the molecule is CCC(C)CC(C)(CC)C(C)CC. The topological polar surface area (TPSA) is 0 Å². The maximum Gasteiger partial charge on any atom is -0.0300 e. The van der Waals surface area contributed by atoms with Crippen LogP contribution >= 0.6 is 0 Å². The van der Waals surface area contributed by atoms with Crippen molar-refractivity contribution in [1.29, 1.82) is 0 Å². The van der Waals surface area contributed by atoms with Crippen LogP contribution in [0, 0.1) is 17.3 Å². The second-order valence-corrected chi connectivity index (χ2v) is 5.03. The molecule has 0 nitrogen and oxygen atoms in total. The Hall–Kier alpha value is 0. The van der Waals surface area contributed by atoms with Crippen molar-refractivity contribution in [3.05, 3.63) is 0 Å². The van der Waals surface area contributed by atoms with Crippen molar-refractivity contribution in [2.75, 3.05) is 0 Å². The van der Waals surface area contributed by atoms with Gasteiger partial charge in [-0.25, -0.2) is 0 Å². The maximum atomic E-state index is 2.47. The Bertz CT molecular complexity index is 128. The van der Waals surface area contributed by atoms with Crippen LogP contribution in [0.4, 0.5) is 0 Å². The van der Waals surface area contributed by atoms with Gasteiger partial charge in [0.2, 0.25) is 0 Å². The first-order valence-corrected chi connectivity index (χ1v) is 6.00. The monoisotopic (exact) mass is 184 g/mol. The molecular weight excluding hydrogens is 156 g/mol. The molecule has 0 radical (unpaired) electrons. The molecule has 0 bridgehead atoms. The summed E-state index contributed by atoms with van der Waals surface area (Å²) in [6, 6.07) is 0. The highest BCUT2D eigenvalue weighted by atomic mass is 14.3. The zero-order chi connectivity index (χ0) is 10.5. The molecule has 3 atom stereocenters. The smallest absolute Gasteiger partial charge is 0.0300 e. The number of hydrogen-bond acceptors (Lipinski definition) is 0. The first kappa shape index (κ1) is 13.0. The minimum atomic E-state index is 0.574. The lowest BCUT2D eigenvalue weighted by Crippen LogP contribution is -2.26. The molecule has 0 spiro atoms. The van der Waals surface area contributed by atoms with Gasteiger partial charge in [0, 0.05) is 0 Å². The molecule has 0 heterocycles. The van der Waals surface area contributed by atoms with Gasteiger partial charge in [-0.2, -0.15) is 0 Å². The molecule has 0 aromatic heterocycles. The van der Waals surface area contributed by atoms with Gasteiger partial charge in [0.05, 0.1) is 0 Å². The zero-order valence-electron chi connectivity index (χ0n) is 10.5. The lowest BCUT2D eigenvalue weighted by atomic mass is 9.69. The van der Waals surface area contributed by atoms with Gasteiger partial charge in [-0.15, -0.1) is 0 Å². The van der Waals surface area contributed by atoms with Gasteiger partial charge >= 0.3 is 0 Å². The van der Waals surface area contributed by atoms with E-state index >= 15 is 0 Å². The van der Waals surface area contributed by atoms with Crippen molar-refractivity contribution in [2.45, 2.75) is 67.2 Å². The van der Waals surface area contributed by atoms with E-state index in [1.54, 1.807) is 0 Å². The van der Waals surface area contributed by atoms with Crippen molar-refractivity contribution >= 4 is 0 Å². The minimum absolute atomic E-state index is 0.574. The van der Waals surface area contributed by atoms with E-state index in [2.05, 4.69) is 41.5 Å². The fourth-order valence-electron chi connectivity index (χ4n) is 2.13. The van der Waals surface area contributed by atoms with Crippen molar-refractivity contribution in [1.82, 2.24) is 0 Å². The molecule has 13 heavy (non-hydrogen) atoms. The molecule has 0 heteroatoms. The first-order chi connectivity index (χ1) is 6.00. The van der Waals surface area contributed by atoms with Crippen LogP contribution < -0.4 is 0 Å². The maximum absolute atomic E-state index is 2.47. The Morgan fingerprint density at radius 2 is 1.54 bits per heavy atom. The van der Waals surface area contributed by atoms with Gasteiger partial charge in [-0.1, -0.05) is 60.8 Å². The van der Waals surface area contributed by atoms with Gasteiger partial charge in [0.25, 0.3) is 0 Å². The molecule has 0 rings (SSSR count). The van der Waals surface area contributed by atoms with Crippen LogP contribution in [0.15, 0.2) is 0 Å². The lowest BCUT2D eigenvalue weighted by molar-refractivity contribution is 0.142. The van der Waals surface area contributed by atoms with Crippen molar-refractivity contribution in [2.24, 2.45) is 17.3 Å². The Balaban J connectivity index is 4.26. The molecule has 0 saturated carbocycles. The molecule has 0 N–H and O–H groups in total. The molecule has 0 aromatic carbocycles. The zero-order valence-corrected chi connectivity index (χ0v) is 10.5. The van der Waals surface area contributed by atoms with E-state index in [1.165, 1.54) is 25.7 Å². The number of rotatable bonds is 6. The Morgan fingerprint density at radius 3 is 1.85 bits per heavy atom. The normalized spacial score (nSPS) is 20.8. The first-order valence-electron chi connectivity index (χ1n) is 6.00. The molecule has 0 amide bonds. The molecule has 0 saturated heterocycles. The average molecular weight is 184 g/mol. The standard InChI is InChI=1S/C13H28/c1-7-11(4)10-13(6,9-3)12(5)8-2/h11-12H,7-10H2,1-6H3. The van der Waals surface area contributed by atoms with E-state index in [-0.39, 0.29) is 0 Å². The van der Waals surface area contributed by atoms with Gasteiger partial charge in [-0.3, -0.25) is 0 Å². The fraction of sp³-hybridized carbons (Fsp3) is 1.00. The van der Waals surface area contributed by atoms with Crippen LogP contribution in [0.2, 0.25) is 0 Å². The van der Waals surface area contributed by atoms with E-state index in [4.69, 9.17) is 0 Å². The molecule has 80 valence electrons. The summed E-state index contributed by atoms with van der Waals surface area (Å²) in [5, 5.41) is 0. The molecule has 3 unspecified atom stereocenters. The average Bonchev–Trinajstić information content (AvgIpc) is 2.15. The summed E-state index contributed by atoms with van der Waals surface area (Å²) >= 11 is 0. The second-order valence-electron chi connectivity index (χ2n) is 5.03. The Kier molecular flexibility index (Phi) is 5.67. The van der Waals surface area contributed by atoms with Gasteiger partial charge in [-0.05, 0) is 23.7 Å². The van der Waals surface area contributed by atoms with E-state index in [0.717, 1.165) is 11.8 Å². The highest BCUT2D eigenvalue weighted by Gasteiger charge is 2.29. The van der Waals surface area contributed by atoms with Crippen molar-refractivity contribution in [3.8, 4) is 0 Å². The fourth-order valence-corrected chi connectivity index (χ4v) is 2.13. The Labute approximate surface area is 85.1 Å². The molecule has 0 fully saturated rings. The van der Waals surface area contributed by atoms with E-state index in [9.17, 15) is 0 Å². The molecule has 0 aliphatic rings. The van der Waals surface area contributed by atoms with Crippen LogP contribution in [-0.2, 0) is 0 Å². The summed E-state index contributed by atoms with van der Waals surface area (Å²) < 4.78 is 0. The molecule has 0 aliphatic carbocycles. The summed E-state index contributed by atoms with van der Waals surface area (Å²) in [6.07, 6.45) is 5.37. The van der Waals surface area contributed by atoms with Crippen molar-refractivity contribution < 1.29 is 0 Å². The van der Waals surface area contributed by atoms with Crippen LogP contribution in [0.3, 0.4) is 0 Å². The predicted octanol–water partition coefficient (Wildman–Crippen LogP) is 4.89. The van der Waals surface area contributed by atoms with E-state index in [1.807, 2.05) is 0 Å². The summed E-state index contributed by atoms with van der Waals surface area (Å²) in [5.74, 6) is 1.76. The summed E-state index contributed by atoms with van der Waals surface area (Å²) in [4.78, 5) is 0. The quantitative estimate of drug-likeness (QED) is 0.551. The third-order valence-corrected chi connectivity index (χ3v) is 4.12. The summed E-state index contributed by atoms with van der Waals surface area (Å²) in [7, 11) is 0. The number of hydrogen-bond donors (Lipinski definition) is 0. The minimum Gasteiger partial charge on any atom is -0.0651 e. The third-order valence-electron chi connectivity index (χ3n) is 4.12. The van der Waals surface area contributed by atoms with Crippen LogP contribution in [0.1, 0.15) is 67.2 Å². The van der Waals surface area contributed by atoms with Crippen molar-refractivity contribution in [3.63, 3.8) is 0 Å². The summed E-state index contributed by atoms with van der Waals surface area (Å²) in [5.41, 5.74) is 0.574. The van der Waals surface area contributed by atoms with Gasteiger partial charge in [0.15, 0.2) is 0 Å². The highest BCUT2D eigenvalue weighted by molar-refractivity contribution is 4.79. The van der Waals surface area contributed by atoms with E-state index in [0.29, 0.717) is 5.41 Å². The highest BCUT2D eigenvalue weighted by Crippen LogP contribution is 2.39. The Morgan fingerprint density at radius 1 is 1.00 bits per heavy atom. The molecular formula is C13H28. The lowest BCUT2D eigenvalue weighted by Gasteiger charge is -2.36. The van der Waals surface area contributed by atoms with Crippen LogP contribution in [0.5, 0.6) is 0 Å². The summed E-state index contributed by atoms with van der Waals surface area (Å²) in [6.45, 7) is 14.2. The van der Waals surface area contributed by atoms with Crippen LogP contribution in [0.25, 0.3) is 0 Å². The van der Waals surface area contributed by atoms with E-state index < -0.39 is 0 Å². The molecule has 0 aliphatic heterocycles. The second kappa shape index (κ2) is 5.67. The van der Waals surface area contributed by atoms with Gasteiger partial charge in [0.1, 0.15) is 0 Å². The predicted molar refractivity (Wildman–Crippen MR) is 61.9 cm³/mol. The largest absolute Gasteiger partial charge is 0.0651 e.